The second-order valence-electron chi connectivity index (χ2n) is 4.46. The van der Waals surface area contributed by atoms with Crippen LogP contribution >= 0.6 is 0 Å². The van der Waals surface area contributed by atoms with Gasteiger partial charge in [-0.3, -0.25) is 9.59 Å². The van der Waals surface area contributed by atoms with E-state index in [0.29, 0.717) is 13.1 Å². The van der Waals surface area contributed by atoms with Gasteiger partial charge in [-0.1, -0.05) is 12.1 Å². The lowest BCUT2D eigenvalue weighted by atomic mass is 10.1. The molecular formula is C15H17N3O3. The van der Waals surface area contributed by atoms with Crippen molar-refractivity contribution in [2.24, 2.45) is 0 Å². The molecule has 0 fully saturated rings. The molecule has 0 radical (unpaired) electrons. The first-order valence-corrected chi connectivity index (χ1v) is 6.61. The lowest BCUT2D eigenvalue weighted by molar-refractivity contribution is -0.120. The fourth-order valence-electron chi connectivity index (χ4n) is 1.89. The molecule has 6 heteroatoms. The minimum atomic E-state index is -0.181. The third kappa shape index (κ3) is 4.45. The van der Waals surface area contributed by atoms with Crippen LogP contribution in [0.3, 0.4) is 0 Å². The summed E-state index contributed by atoms with van der Waals surface area (Å²) < 4.78 is 6.42. The lowest BCUT2D eigenvalue weighted by Crippen LogP contribution is -2.32. The van der Waals surface area contributed by atoms with Crippen LogP contribution in [0, 0.1) is 0 Å². The number of amides is 1. The summed E-state index contributed by atoms with van der Waals surface area (Å²) in [6.07, 6.45) is 1.81. The predicted octanol–water partition coefficient (Wildman–Crippen LogP) is 0.611. The maximum Gasteiger partial charge on any atom is 0.266 e. The Labute approximate surface area is 122 Å². The maximum absolute atomic E-state index is 11.8. The summed E-state index contributed by atoms with van der Waals surface area (Å²) in [5.74, 6) is 0.618. The molecule has 0 aliphatic heterocycles. The summed E-state index contributed by atoms with van der Waals surface area (Å²) in [6.45, 7) is 0.712. The number of nitrogens with zero attached hydrogens (tertiary/aromatic N) is 2. The van der Waals surface area contributed by atoms with E-state index in [0.717, 1.165) is 11.3 Å². The molecule has 1 aromatic heterocycles. The molecule has 1 amide bonds. The van der Waals surface area contributed by atoms with Crippen LogP contribution in [0.25, 0.3) is 0 Å². The molecule has 1 N–H and O–H groups in total. The number of ether oxygens (including phenoxy) is 1. The number of rotatable bonds is 6. The van der Waals surface area contributed by atoms with E-state index < -0.39 is 0 Å². The number of hydrogen-bond donors (Lipinski definition) is 1. The number of carbonyl (C=O) groups is 1. The average molecular weight is 287 g/mol. The van der Waals surface area contributed by atoms with Crippen LogP contribution in [0.1, 0.15) is 5.56 Å². The van der Waals surface area contributed by atoms with Gasteiger partial charge >= 0.3 is 0 Å². The quantitative estimate of drug-likeness (QED) is 0.845. The maximum atomic E-state index is 11.8. The molecule has 0 aliphatic carbocycles. The highest BCUT2D eigenvalue weighted by atomic mass is 16.5. The van der Waals surface area contributed by atoms with Gasteiger partial charge in [-0.2, -0.15) is 5.10 Å². The zero-order valence-corrected chi connectivity index (χ0v) is 11.8. The van der Waals surface area contributed by atoms with Crippen molar-refractivity contribution in [3.05, 3.63) is 58.5 Å². The Balaban J connectivity index is 1.82. The van der Waals surface area contributed by atoms with Crippen LogP contribution in [0.15, 0.2) is 47.4 Å². The van der Waals surface area contributed by atoms with Crippen LogP contribution in [-0.2, 0) is 17.8 Å². The minimum Gasteiger partial charge on any atom is -0.497 e. The number of carbonyl (C=O) groups excluding carboxylic acids is 1. The minimum absolute atomic E-state index is 0.104. The third-order valence-corrected chi connectivity index (χ3v) is 2.93. The predicted molar refractivity (Wildman–Crippen MR) is 78.2 cm³/mol. The van der Waals surface area contributed by atoms with Gasteiger partial charge in [0.15, 0.2) is 0 Å². The van der Waals surface area contributed by atoms with E-state index in [4.69, 9.17) is 4.74 Å². The van der Waals surface area contributed by atoms with Gasteiger partial charge in [0.1, 0.15) is 5.75 Å². The van der Waals surface area contributed by atoms with Crippen LogP contribution < -0.4 is 15.6 Å². The Hall–Kier alpha value is -2.63. The zero-order valence-electron chi connectivity index (χ0n) is 11.8. The molecule has 2 aromatic rings. The van der Waals surface area contributed by atoms with E-state index in [1.165, 1.54) is 10.7 Å². The molecule has 110 valence electrons. The summed E-state index contributed by atoms with van der Waals surface area (Å²) in [4.78, 5) is 23.3. The van der Waals surface area contributed by atoms with E-state index in [1.54, 1.807) is 19.4 Å². The first-order valence-electron chi connectivity index (χ1n) is 6.61. The standard InChI is InChI=1S/C15H17N3O3/c1-21-13-5-2-4-12(10-13)11-14(19)16-8-9-18-15(20)6-3-7-17-18/h2-7,10H,8-9,11H2,1H3,(H,16,19). The molecule has 6 nitrogen and oxygen atoms in total. The average Bonchev–Trinajstić information content (AvgIpc) is 2.49. The molecule has 2 rings (SSSR count). The summed E-state index contributed by atoms with van der Waals surface area (Å²) in [7, 11) is 1.59. The van der Waals surface area contributed by atoms with Gasteiger partial charge in [-0.25, -0.2) is 4.68 Å². The number of nitrogens with one attached hydrogen (secondary N) is 1. The topological polar surface area (TPSA) is 73.2 Å². The van der Waals surface area contributed by atoms with E-state index in [2.05, 4.69) is 10.4 Å². The molecule has 0 aliphatic rings. The molecule has 0 unspecified atom stereocenters. The third-order valence-electron chi connectivity index (χ3n) is 2.93. The largest absolute Gasteiger partial charge is 0.497 e. The summed E-state index contributed by atoms with van der Waals surface area (Å²) in [5.41, 5.74) is 0.696. The first kappa shape index (κ1) is 14.8. The fourth-order valence-corrected chi connectivity index (χ4v) is 1.89. The fraction of sp³-hybridized carbons (Fsp3) is 0.267. The molecule has 0 saturated carbocycles. The van der Waals surface area contributed by atoms with Gasteiger partial charge in [0, 0.05) is 18.8 Å². The Bertz CT molecular complexity index is 667. The Kier molecular flexibility index (Phi) is 5.09. The van der Waals surface area contributed by atoms with Crippen molar-refractivity contribution in [2.45, 2.75) is 13.0 Å². The molecule has 21 heavy (non-hydrogen) atoms. The zero-order chi connectivity index (χ0) is 15.1. The van der Waals surface area contributed by atoms with Gasteiger partial charge in [0.25, 0.3) is 5.56 Å². The normalized spacial score (nSPS) is 10.1. The molecule has 1 heterocycles. The highest BCUT2D eigenvalue weighted by molar-refractivity contribution is 5.78. The van der Waals surface area contributed by atoms with Crippen molar-refractivity contribution < 1.29 is 9.53 Å². The van der Waals surface area contributed by atoms with Gasteiger partial charge in [0.05, 0.1) is 20.1 Å². The van der Waals surface area contributed by atoms with Crippen LogP contribution in [-0.4, -0.2) is 29.3 Å². The molecular weight excluding hydrogens is 270 g/mol. The van der Waals surface area contributed by atoms with E-state index in [9.17, 15) is 9.59 Å². The molecule has 0 bridgehead atoms. The summed E-state index contributed by atoms with van der Waals surface area (Å²) >= 11 is 0. The molecule has 0 saturated heterocycles. The van der Waals surface area contributed by atoms with Crippen molar-refractivity contribution in [1.29, 1.82) is 0 Å². The van der Waals surface area contributed by atoms with Gasteiger partial charge in [-0.15, -0.1) is 0 Å². The summed E-state index contributed by atoms with van der Waals surface area (Å²) in [6, 6.07) is 10.4. The monoisotopic (exact) mass is 287 g/mol. The van der Waals surface area contributed by atoms with Gasteiger partial charge in [-0.05, 0) is 23.8 Å². The molecule has 0 atom stereocenters. The van der Waals surface area contributed by atoms with Crippen molar-refractivity contribution in [1.82, 2.24) is 15.1 Å². The highest BCUT2D eigenvalue weighted by Gasteiger charge is 2.04. The van der Waals surface area contributed by atoms with Crippen LogP contribution in [0.5, 0.6) is 5.75 Å². The van der Waals surface area contributed by atoms with Crippen molar-refractivity contribution in [3.63, 3.8) is 0 Å². The van der Waals surface area contributed by atoms with Crippen LogP contribution in [0.4, 0.5) is 0 Å². The van der Waals surface area contributed by atoms with Crippen molar-refractivity contribution >= 4 is 5.91 Å². The Morgan fingerprint density at radius 3 is 2.95 bits per heavy atom. The smallest absolute Gasteiger partial charge is 0.266 e. The van der Waals surface area contributed by atoms with Crippen LogP contribution in [0.2, 0.25) is 0 Å². The highest BCUT2D eigenvalue weighted by Crippen LogP contribution is 2.12. The summed E-state index contributed by atoms with van der Waals surface area (Å²) in [5, 5.41) is 6.68. The van der Waals surface area contributed by atoms with Gasteiger partial charge < -0.3 is 10.1 Å². The van der Waals surface area contributed by atoms with E-state index in [-0.39, 0.29) is 17.9 Å². The van der Waals surface area contributed by atoms with E-state index in [1.807, 2.05) is 24.3 Å². The van der Waals surface area contributed by atoms with Crippen molar-refractivity contribution in [3.8, 4) is 5.75 Å². The van der Waals surface area contributed by atoms with Crippen molar-refractivity contribution in [2.75, 3.05) is 13.7 Å². The number of benzene rings is 1. The molecule has 1 aromatic carbocycles. The van der Waals surface area contributed by atoms with E-state index >= 15 is 0 Å². The number of methoxy groups -OCH3 is 1. The Morgan fingerprint density at radius 1 is 1.33 bits per heavy atom. The second-order valence-corrected chi connectivity index (χ2v) is 4.46. The molecule has 0 spiro atoms. The number of hydrogen-bond acceptors (Lipinski definition) is 4. The first-order chi connectivity index (χ1) is 10.2. The van der Waals surface area contributed by atoms with Gasteiger partial charge in [0.2, 0.25) is 5.91 Å². The SMILES string of the molecule is COc1cccc(CC(=O)NCCn2ncccc2=O)c1. The Morgan fingerprint density at radius 2 is 2.19 bits per heavy atom. The second kappa shape index (κ2) is 7.23. The lowest BCUT2D eigenvalue weighted by Gasteiger charge is -2.07. The number of aromatic nitrogens is 2.